The molecule has 0 aromatic heterocycles. The van der Waals surface area contributed by atoms with Gasteiger partial charge >= 0.3 is 0 Å². The van der Waals surface area contributed by atoms with E-state index in [0.717, 1.165) is 0 Å². The molecule has 1 saturated heterocycles. The van der Waals surface area contributed by atoms with Crippen molar-refractivity contribution in [2.24, 2.45) is 20.7 Å². The number of aliphatic hydroxyl groups is 2. The molecule has 0 aromatic rings. The molecule has 0 radical (unpaired) electrons. The molecule has 4 atom stereocenters. The van der Waals surface area contributed by atoms with Gasteiger partial charge in [-0.25, -0.2) is 9.98 Å². The van der Waals surface area contributed by atoms with Gasteiger partial charge in [0.05, 0.1) is 12.7 Å². The minimum absolute atomic E-state index is 0.217. The van der Waals surface area contributed by atoms with Crippen LogP contribution >= 0.6 is 0 Å². The molecular formula is C12H20N6O3. The van der Waals surface area contributed by atoms with E-state index in [1.165, 1.54) is 6.34 Å². The normalized spacial score (nSPS) is 38.8. The number of aliphatic hydroxyl groups excluding tert-OH is 2. The van der Waals surface area contributed by atoms with Gasteiger partial charge in [-0.15, -0.1) is 0 Å². The van der Waals surface area contributed by atoms with Gasteiger partial charge in [-0.3, -0.25) is 15.6 Å². The molecule has 9 nitrogen and oxygen atoms in total. The van der Waals surface area contributed by atoms with Crippen LogP contribution in [0.4, 0.5) is 0 Å². The monoisotopic (exact) mass is 296 g/mol. The second-order valence-corrected chi connectivity index (χ2v) is 5.55. The summed E-state index contributed by atoms with van der Waals surface area (Å²) in [7, 11) is 3.64. The average Bonchev–Trinajstić information content (AvgIpc) is 3.02. The maximum Gasteiger partial charge on any atom is 0.213 e. The lowest BCUT2D eigenvalue weighted by Crippen LogP contribution is -2.61. The van der Waals surface area contributed by atoms with Crippen molar-refractivity contribution in [1.29, 1.82) is 0 Å². The Kier molecular flexibility index (Phi) is 3.54. The van der Waals surface area contributed by atoms with E-state index in [1.807, 2.05) is 19.0 Å². The molecule has 0 spiro atoms. The Hall–Kier alpha value is -1.39. The predicted molar refractivity (Wildman–Crippen MR) is 77.0 cm³/mol. The molecule has 0 aliphatic carbocycles. The Bertz CT molecular complexity index is 519. The molecule has 0 bridgehead atoms. The van der Waals surface area contributed by atoms with Crippen LogP contribution in [-0.2, 0) is 4.74 Å². The topological polar surface area (TPSA) is 119 Å². The Balaban J connectivity index is 1.82. The van der Waals surface area contributed by atoms with E-state index in [1.54, 1.807) is 4.90 Å². The highest BCUT2D eigenvalue weighted by molar-refractivity contribution is 6.47. The van der Waals surface area contributed by atoms with Crippen molar-refractivity contribution in [2.45, 2.75) is 30.6 Å². The first-order valence-electron chi connectivity index (χ1n) is 6.81. The van der Waals surface area contributed by atoms with Crippen molar-refractivity contribution in [2.75, 3.05) is 27.4 Å². The highest BCUT2D eigenvalue weighted by Gasteiger charge is 2.47. The molecule has 1 unspecified atom stereocenters. The van der Waals surface area contributed by atoms with Crippen molar-refractivity contribution >= 4 is 17.9 Å². The van der Waals surface area contributed by atoms with Crippen LogP contribution in [0.25, 0.3) is 0 Å². The summed E-state index contributed by atoms with van der Waals surface area (Å²) in [5.74, 6) is -0.434. The number of hydrogen-bond donors (Lipinski definition) is 3. The fourth-order valence-corrected chi connectivity index (χ4v) is 2.70. The molecule has 1 fully saturated rings. The van der Waals surface area contributed by atoms with Crippen molar-refractivity contribution in [3.05, 3.63) is 0 Å². The summed E-state index contributed by atoms with van der Waals surface area (Å²) in [6.07, 6.45) is 0.160. The molecule has 116 valence electrons. The average molecular weight is 296 g/mol. The molecule has 3 heterocycles. The first-order chi connectivity index (χ1) is 9.97. The van der Waals surface area contributed by atoms with Crippen LogP contribution in [0.3, 0.4) is 0 Å². The van der Waals surface area contributed by atoms with Crippen LogP contribution in [-0.4, -0.2) is 89.5 Å². The summed E-state index contributed by atoms with van der Waals surface area (Å²) in [4.78, 5) is 16.5. The SMILES string of the molecule is CN(C)C1(N)N=CN=C2C1=NCN2[C@H]1C[C@H](O)[C@@H](CO)O1. The van der Waals surface area contributed by atoms with Gasteiger partial charge in [0.25, 0.3) is 0 Å². The smallest absolute Gasteiger partial charge is 0.213 e. The third-order valence-electron chi connectivity index (χ3n) is 4.06. The Morgan fingerprint density at radius 3 is 2.95 bits per heavy atom. The van der Waals surface area contributed by atoms with Gasteiger partial charge in [-0.05, 0) is 14.1 Å². The Morgan fingerprint density at radius 1 is 1.57 bits per heavy atom. The van der Waals surface area contributed by atoms with Crippen molar-refractivity contribution in [3.8, 4) is 0 Å². The van der Waals surface area contributed by atoms with Gasteiger partial charge < -0.3 is 19.8 Å². The lowest BCUT2D eigenvalue weighted by atomic mass is 10.1. The molecule has 3 aliphatic rings. The molecular weight excluding hydrogens is 276 g/mol. The Morgan fingerprint density at radius 2 is 2.33 bits per heavy atom. The molecule has 3 rings (SSSR count). The molecule has 9 heteroatoms. The summed E-state index contributed by atoms with van der Waals surface area (Å²) in [6, 6.07) is 0. The van der Waals surface area contributed by atoms with Gasteiger partial charge in [0.1, 0.15) is 31.1 Å². The molecule has 0 saturated carbocycles. The number of nitrogens with zero attached hydrogens (tertiary/aromatic N) is 5. The van der Waals surface area contributed by atoms with Gasteiger partial charge in [0.15, 0.2) is 5.84 Å². The van der Waals surface area contributed by atoms with Crippen LogP contribution in [0.15, 0.2) is 15.0 Å². The second kappa shape index (κ2) is 5.11. The number of rotatable bonds is 3. The van der Waals surface area contributed by atoms with E-state index in [0.29, 0.717) is 24.6 Å². The molecule has 0 aromatic carbocycles. The lowest BCUT2D eigenvalue weighted by Gasteiger charge is -2.35. The van der Waals surface area contributed by atoms with Gasteiger partial charge in [0, 0.05) is 6.42 Å². The largest absolute Gasteiger partial charge is 0.394 e. The van der Waals surface area contributed by atoms with Gasteiger partial charge in [-0.1, -0.05) is 0 Å². The predicted octanol–water partition coefficient (Wildman–Crippen LogP) is -2.22. The fraction of sp³-hybridized carbons (Fsp3) is 0.750. The first kappa shape index (κ1) is 14.5. The van der Waals surface area contributed by atoms with E-state index >= 15 is 0 Å². The number of fused-ring (bicyclic) bond motifs is 1. The van der Waals surface area contributed by atoms with E-state index < -0.39 is 18.0 Å². The number of nitrogens with two attached hydrogens (primary N) is 1. The maximum absolute atomic E-state index is 9.86. The van der Waals surface area contributed by atoms with Crippen LogP contribution < -0.4 is 5.73 Å². The Labute approximate surface area is 122 Å². The highest BCUT2D eigenvalue weighted by atomic mass is 16.5. The number of amidine groups is 1. The van der Waals surface area contributed by atoms with Crippen molar-refractivity contribution < 1.29 is 14.9 Å². The zero-order valence-corrected chi connectivity index (χ0v) is 12.0. The van der Waals surface area contributed by atoms with Crippen LogP contribution in [0.2, 0.25) is 0 Å². The zero-order valence-electron chi connectivity index (χ0n) is 12.0. The van der Waals surface area contributed by atoms with Crippen LogP contribution in [0.1, 0.15) is 6.42 Å². The molecule has 21 heavy (non-hydrogen) atoms. The lowest BCUT2D eigenvalue weighted by molar-refractivity contribution is -0.0560. The quantitative estimate of drug-likeness (QED) is 0.508. The molecule has 4 N–H and O–H groups in total. The van der Waals surface area contributed by atoms with Gasteiger partial charge in [-0.2, -0.15) is 0 Å². The second-order valence-electron chi connectivity index (χ2n) is 5.55. The number of aliphatic imine (C=N–C) groups is 3. The summed E-state index contributed by atoms with van der Waals surface area (Å²) >= 11 is 0. The standard InChI is InChI=1S/C12H20N6O3/c1-17(2)12(13)10-11(14-5-16-12)18(6-15-10)9-3-7(20)8(4-19)21-9/h5,7-9,19-20H,3-4,6,13H2,1-2H3/t7-,8+,9+,12?/m0/s1. The van der Waals surface area contributed by atoms with Crippen LogP contribution in [0, 0.1) is 0 Å². The summed E-state index contributed by atoms with van der Waals surface area (Å²) in [5.41, 5.74) is 6.87. The van der Waals surface area contributed by atoms with Crippen molar-refractivity contribution in [1.82, 2.24) is 9.80 Å². The first-order valence-corrected chi connectivity index (χ1v) is 6.81. The van der Waals surface area contributed by atoms with Gasteiger partial charge in [0.2, 0.25) is 5.79 Å². The van der Waals surface area contributed by atoms with Crippen LogP contribution in [0.5, 0.6) is 0 Å². The fourth-order valence-electron chi connectivity index (χ4n) is 2.70. The number of ether oxygens (including phenoxy) is 1. The van der Waals surface area contributed by atoms with Crippen molar-refractivity contribution in [3.63, 3.8) is 0 Å². The maximum atomic E-state index is 9.86. The summed E-state index contributed by atoms with van der Waals surface area (Å²) in [6.45, 7) is 0.130. The van der Waals surface area contributed by atoms with E-state index in [9.17, 15) is 10.2 Å². The van der Waals surface area contributed by atoms with E-state index in [2.05, 4.69) is 15.0 Å². The van der Waals surface area contributed by atoms with E-state index in [4.69, 9.17) is 10.5 Å². The minimum atomic E-state index is -1.04. The molecule has 0 amide bonds. The molecule has 3 aliphatic heterocycles. The third kappa shape index (κ3) is 2.17. The summed E-state index contributed by atoms with van der Waals surface area (Å²) in [5, 5.41) is 19.0. The number of hydrogen-bond acceptors (Lipinski definition) is 9. The van der Waals surface area contributed by atoms with E-state index in [-0.39, 0.29) is 12.8 Å². The zero-order chi connectivity index (χ0) is 15.2. The highest BCUT2D eigenvalue weighted by Crippen LogP contribution is 2.28. The minimum Gasteiger partial charge on any atom is -0.394 e. The summed E-state index contributed by atoms with van der Waals surface area (Å²) < 4.78 is 5.66. The third-order valence-corrected chi connectivity index (χ3v) is 4.06.